The lowest BCUT2D eigenvalue weighted by atomic mass is 9.88. The summed E-state index contributed by atoms with van der Waals surface area (Å²) in [4.78, 5) is 0. The van der Waals surface area contributed by atoms with Crippen LogP contribution in [-0.4, -0.2) is 0 Å². The first-order valence-electron chi connectivity index (χ1n) is 5.78. The van der Waals surface area contributed by atoms with Crippen LogP contribution >= 0.6 is 0 Å². The molecule has 2 unspecified atom stereocenters. The molecule has 2 atom stereocenters. The van der Waals surface area contributed by atoms with Crippen molar-refractivity contribution in [2.45, 2.75) is 45.4 Å². The van der Waals surface area contributed by atoms with Crippen LogP contribution in [0.5, 0.6) is 0 Å². The summed E-state index contributed by atoms with van der Waals surface area (Å²) in [6.45, 7) is 2.29. The van der Waals surface area contributed by atoms with Crippen LogP contribution in [0.3, 0.4) is 0 Å². The van der Waals surface area contributed by atoms with E-state index in [2.05, 4.69) is 25.2 Å². The smallest absolute Gasteiger partial charge is 0.0162 e. The molecule has 0 nitrogen and oxygen atoms in total. The summed E-state index contributed by atoms with van der Waals surface area (Å²) in [5, 5.41) is 0. The van der Waals surface area contributed by atoms with Crippen LogP contribution in [0, 0.1) is 11.8 Å². The van der Waals surface area contributed by atoms with Crippen LogP contribution in [0.15, 0.2) is 23.8 Å². The average Bonchev–Trinajstić information content (AvgIpc) is 2.58. The van der Waals surface area contributed by atoms with E-state index in [1.807, 2.05) is 0 Å². The van der Waals surface area contributed by atoms with Gasteiger partial charge in [-0.1, -0.05) is 43.6 Å². The van der Waals surface area contributed by atoms with E-state index >= 15 is 0 Å². The number of fused-ring (bicyclic) bond motifs is 1. The molecule has 0 heterocycles. The summed E-state index contributed by atoms with van der Waals surface area (Å²) in [6, 6.07) is 0. The Labute approximate surface area is 81.7 Å². The number of allylic oxidation sites excluding steroid dienone is 4. The molecule has 2 aliphatic rings. The predicted octanol–water partition coefficient (Wildman–Crippen LogP) is 4.09. The molecule has 0 amide bonds. The van der Waals surface area contributed by atoms with Crippen LogP contribution in [0.2, 0.25) is 0 Å². The van der Waals surface area contributed by atoms with E-state index in [0.29, 0.717) is 0 Å². The Hall–Kier alpha value is -0.520. The molecule has 0 radical (unpaired) electrons. The standard InChI is InChI=1S/C13H20/c1-2-3-6-11-9-10-12-7-4-5-8-13(11)12/h4-5,8,11-12H,2-3,6-7,9-10H2,1H3. The van der Waals surface area contributed by atoms with Gasteiger partial charge < -0.3 is 0 Å². The Balaban J connectivity index is 1.97. The molecule has 0 heteroatoms. The second-order valence-electron chi connectivity index (χ2n) is 4.44. The van der Waals surface area contributed by atoms with Crippen LogP contribution in [0.4, 0.5) is 0 Å². The van der Waals surface area contributed by atoms with Gasteiger partial charge in [0.1, 0.15) is 0 Å². The van der Waals surface area contributed by atoms with E-state index in [1.54, 1.807) is 5.57 Å². The second-order valence-corrected chi connectivity index (χ2v) is 4.44. The monoisotopic (exact) mass is 176 g/mol. The molecule has 2 rings (SSSR count). The summed E-state index contributed by atoms with van der Waals surface area (Å²) >= 11 is 0. The van der Waals surface area contributed by atoms with Gasteiger partial charge in [-0.2, -0.15) is 0 Å². The topological polar surface area (TPSA) is 0 Å². The van der Waals surface area contributed by atoms with Crippen molar-refractivity contribution < 1.29 is 0 Å². The zero-order valence-corrected chi connectivity index (χ0v) is 8.63. The molecule has 0 bridgehead atoms. The first kappa shape index (κ1) is 9.05. The van der Waals surface area contributed by atoms with Crippen molar-refractivity contribution in [2.75, 3.05) is 0 Å². The van der Waals surface area contributed by atoms with Gasteiger partial charge >= 0.3 is 0 Å². The molecule has 72 valence electrons. The van der Waals surface area contributed by atoms with Crippen molar-refractivity contribution in [3.8, 4) is 0 Å². The third-order valence-corrected chi connectivity index (χ3v) is 3.56. The molecule has 0 N–H and O–H groups in total. The van der Waals surface area contributed by atoms with Gasteiger partial charge in [-0.15, -0.1) is 0 Å². The maximum atomic E-state index is 2.39. The van der Waals surface area contributed by atoms with Crippen LogP contribution in [-0.2, 0) is 0 Å². The highest BCUT2D eigenvalue weighted by Crippen LogP contribution is 2.42. The molecule has 1 fully saturated rings. The summed E-state index contributed by atoms with van der Waals surface area (Å²) in [5.74, 6) is 1.86. The van der Waals surface area contributed by atoms with Crippen molar-refractivity contribution in [3.63, 3.8) is 0 Å². The predicted molar refractivity (Wildman–Crippen MR) is 57.6 cm³/mol. The highest BCUT2D eigenvalue weighted by molar-refractivity contribution is 5.26. The van der Waals surface area contributed by atoms with Gasteiger partial charge in [-0.25, -0.2) is 0 Å². The lowest BCUT2D eigenvalue weighted by Crippen LogP contribution is -2.04. The van der Waals surface area contributed by atoms with Crippen molar-refractivity contribution in [1.29, 1.82) is 0 Å². The third-order valence-electron chi connectivity index (χ3n) is 3.56. The molecule has 13 heavy (non-hydrogen) atoms. The molecule has 0 saturated heterocycles. The fourth-order valence-corrected chi connectivity index (χ4v) is 2.78. The van der Waals surface area contributed by atoms with Crippen LogP contribution in [0.1, 0.15) is 45.4 Å². The molecule has 0 aliphatic heterocycles. The molecule has 0 aromatic heterocycles. The van der Waals surface area contributed by atoms with E-state index < -0.39 is 0 Å². The lowest BCUT2D eigenvalue weighted by molar-refractivity contribution is 0.540. The van der Waals surface area contributed by atoms with Gasteiger partial charge in [0, 0.05) is 0 Å². The zero-order valence-electron chi connectivity index (χ0n) is 8.63. The molecule has 1 saturated carbocycles. The van der Waals surface area contributed by atoms with Gasteiger partial charge in [0.15, 0.2) is 0 Å². The van der Waals surface area contributed by atoms with Crippen LogP contribution in [0.25, 0.3) is 0 Å². The molecular formula is C13H20. The van der Waals surface area contributed by atoms with Gasteiger partial charge in [-0.05, 0) is 37.5 Å². The quantitative estimate of drug-likeness (QED) is 0.607. The van der Waals surface area contributed by atoms with Crippen molar-refractivity contribution in [1.82, 2.24) is 0 Å². The molecule has 0 aromatic rings. The van der Waals surface area contributed by atoms with Crippen molar-refractivity contribution in [2.24, 2.45) is 11.8 Å². The Morgan fingerprint density at radius 1 is 1.38 bits per heavy atom. The Morgan fingerprint density at radius 3 is 3.15 bits per heavy atom. The van der Waals surface area contributed by atoms with E-state index in [1.165, 1.54) is 38.5 Å². The maximum Gasteiger partial charge on any atom is -0.0162 e. The fraction of sp³-hybridized carbons (Fsp3) is 0.692. The summed E-state index contributed by atoms with van der Waals surface area (Å²) < 4.78 is 0. The maximum absolute atomic E-state index is 2.39. The normalized spacial score (nSPS) is 31.6. The number of rotatable bonds is 3. The molecule has 0 spiro atoms. The number of unbranched alkanes of at least 4 members (excludes halogenated alkanes) is 1. The Morgan fingerprint density at radius 2 is 2.31 bits per heavy atom. The van der Waals surface area contributed by atoms with Crippen molar-refractivity contribution >= 4 is 0 Å². The number of hydrogen-bond acceptors (Lipinski definition) is 0. The fourth-order valence-electron chi connectivity index (χ4n) is 2.78. The highest BCUT2D eigenvalue weighted by atomic mass is 14.3. The highest BCUT2D eigenvalue weighted by Gasteiger charge is 2.29. The second kappa shape index (κ2) is 4.13. The SMILES string of the molecule is CCCCC1CCC2CC=CC=C21. The molecule has 0 aromatic carbocycles. The van der Waals surface area contributed by atoms with Gasteiger partial charge in [0.2, 0.25) is 0 Å². The third kappa shape index (κ3) is 1.87. The first-order valence-corrected chi connectivity index (χ1v) is 5.78. The van der Waals surface area contributed by atoms with E-state index in [-0.39, 0.29) is 0 Å². The van der Waals surface area contributed by atoms with Crippen LogP contribution < -0.4 is 0 Å². The molecule has 2 aliphatic carbocycles. The number of hydrogen-bond donors (Lipinski definition) is 0. The average molecular weight is 176 g/mol. The minimum Gasteiger partial charge on any atom is -0.0839 e. The van der Waals surface area contributed by atoms with Crippen molar-refractivity contribution in [3.05, 3.63) is 23.8 Å². The van der Waals surface area contributed by atoms with Gasteiger partial charge in [0.25, 0.3) is 0 Å². The van der Waals surface area contributed by atoms with Gasteiger partial charge in [-0.3, -0.25) is 0 Å². The zero-order chi connectivity index (χ0) is 9.10. The minimum absolute atomic E-state index is 0.923. The Kier molecular flexibility index (Phi) is 2.87. The summed E-state index contributed by atoms with van der Waals surface area (Å²) in [6.07, 6.45) is 15.4. The van der Waals surface area contributed by atoms with E-state index in [9.17, 15) is 0 Å². The molecular weight excluding hydrogens is 156 g/mol. The van der Waals surface area contributed by atoms with Gasteiger partial charge in [0.05, 0.1) is 0 Å². The summed E-state index contributed by atoms with van der Waals surface area (Å²) in [7, 11) is 0. The largest absolute Gasteiger partial charge is 0.0839 e. The lowest BCUT2D eigenvalue weighted by Gasteiger charge is -2.17. The van der Waals surface area contributed by atoms with E-state index in [4.69, 9.17) is 0 Å². The Bertz CT molecular complexity index is 222. The van der Waals surface area contributed by atoms with E-state index in [0.717, 1.165) is 11.8 Å². The minimum atomic E-state index is 0.923. The summed E-state index contributed by atoms with van der Waals surface area (Å²) in [5.41, 5.74) is 1.77. The first-order chi connectivity index (χ1) is 6.42.